The maximum Gasteiger partial charge on any atom is 0.222 e. The van der Waals surface area contributed by atoms with Crippen LogP contribution in [-0.2, 0) is 4.79 Å². The van der Waals surface area contributed by atoms with Crippen LogP contribution in [0.5, 0.6) is 0 Å². The summed E-state index contributed by atoms with van der Waals surface area (Å²) >= 11 is 0. The van der Waals surface area contributed by atoms with E-state index in [-0.39, 0.29) is 0 Å². The molecule has 0 N–H and O–H groups in total. The predicted octanol–water partition coefficient (Wildman–Crippen LogP) is 2.12. The second-order valence-corrected chi connectivity index (χ2v) is 5.98. The van der Waals surface area contributed by atoms with Crippen LogP contribution in [0.3, 0.4) is 0 Å². The minimum atomic E-state index is 0.365. The van der Waals surface area contributed by atoms with Gasteiger partial charge in [0.25, 0.3) is 0 Å². The zero-order valence-corrected chi connectivity index (χ0v) is 11.3. The third kappa shape index (κ3) is 3.44. The van der Waals surface area contributed by atoms with Crippen molar-refractivity contribution >= 4 is 5.91 Å². The van der Waals surface area contributed by atoms with Gasteiger partial charge in [-0.25, -0.2) is 0 Å². The van der Waals surface area contributed by atoms with Gasteiger partial charge in [-0.05, 0) is 44.7 Å². The molecule has 2 aliphatic heterocycles. The maximum atomic E-state index is 12.1. The van der Waals surface area contributed by atoms with Crippen molar-refractivity contribution in [3.8, 4) is 0 Å². The molecule has 0 aromatic rings. The van der Waals surface area contributed by atoms with Crippen molar-refractivity contribution in [3.05, 3.63) is 0 Å². The zero-order chi connectivity index (χ0) is 12.3. The van der Waals surface area contributed by atoms with Crippen LogP contribution in [0, 0.1) is 5.92 Å². The molecule has 0 bridgehead atoms. The van der Waals surface area contributed by atoms with Crippen molar-refractivity contribution in [1.82, 2.24) is 9.80 Å². The van der Waals surface area contributed by atoms with Gasteiger partial charge in [0.1, 0.15) is 0 Å². The Kier molecular flexibility index (Phi) is 4.43. The third-order valence-electron chi connectivity index (χ3n) is 3.99. The van der Waals surface area contributed by atoms with Gasteiger partial charge in [-0.2, -0.15) is 0 Å². The van der Waals surface area contributed by atoms with E-state index in [9.17, 15) is 4.79 Å². The average molecular weight is 238 g/mol. The van der Waals surface area contributed by atoms with Gasteiger partial charge < -0.3 is 4.90 Å². The SMILES string of the molecule is CC(C)CC(=O)N1CCCC(N2CCCC2)C1. The predicted molar refractivity (Wildman–Crippen MR) is 69.9 cm³/mol. The third-order valence-corrected chi connectivity index (χ3v) is 3.99. The highest BCUT2D eigenvalue weighted by atomic mass is 16.2. The fourth-order valence-electron chi connectivity index (χ4n) is 3.06. The Labute approximate surface area is 105 Å². The Hall–Kier alpha value is -0.570. The Morgan fingerprint density at radius 3 is 2.53 bits per heavy atom. The number of carbonyl (C=O) groups is 1. The van der Waals surface area contributed by atoms with Crippen LogP contribution in [0.4, 0.5) is 0 Å². The van der Waals surface area contributed by atoms with Crippen LogP contribution in [0.25, 0.3) is 0 Å². The van der Waals surface area contributed by atoms with Gasteiger partial charge >= 0.3 is 0 Å². The average Bonchev–Trinajstić information content (AvgIpc) is 2.82. The highest BCUT2D eigenvalue weighted by Crippen LogP contribution is 2.21. The van der Waals surface area contributed by atoms with E-state index in [1.165, 1.54) is 38.8 Å². The summed E-state index contributed by atoms with van der Waals surface area (Å²) in [6.07, 6.45) is 5.87. The number of carbonyl (C=O) groups excluding carboxylic acids is 1. The number of hydrogen-bond acceptors (Lipinski definition) is 2. The normalized spacial score (nSPS) is 26.8. The summed E-state index contributed by atoms with van der Waals surface area (Å²) in [4.78, 5) is 16.8. The van der Waals surface area contributed by atoms with Crippen molar-refractivity contribution in [1.29, 1.82) is 0 Å². The first-order valence-corrected chi connectivity index (χ1v) is 7.18. The van der Waals surface area contributed by atoms with Crippen molar-refractivity contribution < 1.29 is 4.79 Å². The van der Waals surface area contributed by atoms with Crippen LogP contribution in [0.1, 0.15) is 46.0 Å². The Bertz CT molecular complexity index is 259. The molecule has 0 aromatic carbocycles. The summed E-state index contributed by atoms with van der Waals surface area (Å²) < 4.78 is 0. The molecule has 2 rings (SSSR count). The lowest BCUT2D eigenvalue weighted by Crippen LogP contribution is -2.49. The van der Waals surface area contributed by atoms with E-state index in [0.29, 0.717) is 24.3 Å². The Morgan fingerprint density at radius 2 is 1.88 bits per heavy atom. The van der Waals surface area contributed by atoms with E-state index >= 15 is 0 Å². The molecule has 98 valence electrons. The number of nitrogens with zero attached hydrogens (tertiary/aromatic N) is 2. The van der Waals surface area contributed by atoms with Gasteiger partial charge in [-0.15, -0.1) is 0 Å². The Balaban J connectivity index is 1.85. The molecule has 0 spiro atoms. The van der Waals surface area contributed by atoms with E-state index in [4.69, 9.17) is 0 Å². The lowest BCUT2D eigenvalue weighted by Gasteiger charge is -2.37. The second kappa shape index (κ2) is 5.85. The first-order valence-electron chi connectivity index (χ1n) is 7.18. The van der Waals surface area contributed by atoms with Crippen LogP contribution in [0.15, 0.2) is 0 Å². The lowest BCUT2D eigenvalue weighted by molar-refractivity contribution is -0.134. The lowest BCUT2D eigenvalue weighted by atomic mass is 10.0. The maximum absolute atomic E-state index is 12.1. The van der Waals surface area contributed by atoms with Gasteiger partial charge in [0.05, 0.1) is 0 Å². The van der Waals surface area contributed by atoms with Crippen molar-refractivity contribution in [2.24, 2.45) is 5.92 Å². The Morgan fingerprint density at radius 1 is 1.18 bits per heavy atom. The van der Waals surface area contributed by atoms with E-state index in [0.717, 1.165) is 13.1 Å². The first-order chi connectivity index (χ1) is 8.16. The molecule has 1 atom stereocenters. The summed E-state index contributed by atoms with van der Waals surface area (Å²) in [6.45, 7) is 8.70. The highest BCUT2D eigenvalue weighted by Gasteiger charge is 2.29. The summed E-state index contributed by atoms with van der Waals surface area (Å²) in [7, 11) is 0. The van der Waals surface area contributed by atoms with E-state index in [1.54, 1.807) is 0 Å². The van der Waals surface area contributed by atoms with Gasteiger partial charge in [0.15, 0.2) is 0 Å². The van der Waals surface area contributed by atoms with Gasteiger partial charge in [0, 0.05) is 25.6 Å². The van der Waals surface area contributed by atoms with Crippen LogP contribution in [-0.4, -0.2) is 47.9 Å². The number of piperidine rings is 1. The molecule has 0 saturated carbocycles. The fraction of sp³-hybridized carbons (Fsp3) is 0.929. The quantitative estimate of drug-likeness (QED) is 0.752. The topological polar surface area (TPSA) is 23.6 Å². The number of likely N-dealkylation sites (tertiary alicyclic amines) is 2. The van der Waals surface area contributed by atoms with E-state index in [1.807, 2.05) is 0 Å². The molecule has 1 unspecified atom stereocenters. The number of rotatable bonds is 3. The molecule has 3 heteroatoms. The minimum Gasteiger partial charge on any atom is -0.341 e. The number of hydrogen-bond donors (Lipinski definition) is 0. The molecule has 0 aromatic heterocycles. The van der Waals surface area contributed by atoms with Crippen LogP contribution in [0.2, 0.25) is 0 Å². The van der Waals surface area contributed by atoms with Gasteiger partial charge in [-0.3, -0.25) is 9.69 Å². The summed E-state index contributed by atoms with van der Waals surface area (Å²) in [5.74, 6) is 0.846. The summed E-state index contributed by atoms with van der Waals surface area (Å²) in [5, 5.41) is 0. The summed E-state index contributed by atoms with van der Waals surface area (Å²) in [5.41, 5.74) is 0. The molecule has 1 amide bonds. The smallest absolute Gasteiger partial charge is 0.222 e. The van der Waals surface area contributed by atoms with Gasteiger partial charge in [0.2, 0.25) is 5.91 Å². The van der Waals surface area contributed by atoms with E-state index in [2.05, 4.69) is 23.6 Å². The molecule has 2 fully saturated rings. The van der Waals surface area contributed by atoms with Crippen LogP contribution >= 0.6 is 0 Å². The monoisotopic (exact) mass is 238 g/mol. The molecular weight excluding hydrogens is 212 g/mol. The highest BCUT2D eigenvalue weighted by molar-refractivity contribution is 5.76. The van der Waals surface area contributed by atoms with Crippen molar-refractivity contribution in [2.75, 3.05) is 26.2 Å². The van der Waals surface area contributed by atoms with Crippen molar-refractivity contribution in [2.45, 2.75) is 52.0 Å². The molecule has 0 aliphatic carbocycles. The molecule has 2 aliphatic rings. The largest absolute Gasteiger partial charge is 0.341 e. The van der Waals surface area contributed by atoms with E-state index < -0.39 is 0 Å². The molecule has 2 saturated heterocycles. The molecule has 2 heterocycles. The standard InChI is InChI=1S/C14H26N2O/c1-12(2)10-14(17)16-9-5-6-13(11-16)15-7-3-4-8-15/h12-13H,3-11H2,1-2H3. The second-order valence-electron chi connectivity index (χ2n) is 5.98. The van der Waals surface area contributed by atoms with Crippen molar-refractivity contribution in [3.63, 3.8) is 0 Å². The fourth-order valence-corrected chi connectivity index (χ4v) is 3.06. The number of amides is 1. The first kappa shape index (κ1) is 12.9. The zero-order valence-electron chi connectivity index (χ0n) is 11.3. The summed E-state index contributed by atoms with van der Waals surface area (Å²) in [6, 6.07) is 0.641. The molecule has 3 nitrogen and oxygen atoms in total. The van der Waals surface area contributed by atoms with Crippen LogP contribution < -0.4 is 0 Å². The molecule has 17 heavy (non-hydrogen) atoms. The van der Waals surface area contributed by atoms with Gasteiger partial charge in [-0.1, -0.05) is 13.8 Å². The minimum absolute atomic E-state index is 0.365. The molecule has 0 radical (unpaired) electrons. The molecular formula is C14H26N2O.